The van der Waals surface area contributed by atoms with Crippen LogP contribution in [0.5, 0.6) is 5.75 Å². The Bertz CT molecular complexity index is 648. The van der Waals surface area contributed by atoms with Crippen molar-refractivity contribution in [3.63, 3.8) is 0 Å². The average Bonchev–Trinajstić information content (AvgIpc) is 2.55. The molecule has 1 aromatic carbocycles. The Labute approximate surface area is 132 Å². The van der Waals surface area contributed by atoms with Crippen LogP contribution in [0.4, 0.5) is 11.6 Å². The lowest BCUT2D eigenvalue weighted by molar-refractivity contribution is 0.0955. The molecule has 7 nitrogen and oxygen atoms in total. The zero-order chi connectivity index (χ0) is 15.9. The fourth-order valence-corrected chi connectivity index (χ4v) is 1.87. The molecule has 0 saturated carbocycles. The molecular formula is C14H16ClN5O2. The van der Waals surface area contributed by atoms with Gasteiger partial charge in [-0.3, -0.25) is 4.79 Å². The van der Waals surface area contributed by atoms with Crippen LogP contribution in [-0.2, 0) is 0 Å². The minimum absolute atomic E-state index is 0.169. The summed E-state index contributed by atoms with van der Waals surface area (Å²) in [7, 11) is 1.58. The molecule has 8 heteroatoms. The van der Waals surface area contributed by atoms with Crippen molar-refractivity contribution >= 4 is 29.1 Å². The second-order valence-electron chi connectivity index (χ2n) is 4.33. The highest BCUT2D eigenvalue weighted by molar-refractivity contribution is 6.35. The van der Waals surface area contributed by atoms with E-state index < -0.39 is 0 Å². The smallest absolute Gasteiger partial charge is 0.251 e. The molecule has 0 aliphatic carbocycles. The maximum Gasteiger partial charge on any atom is 0.251 e. The van der Waals surface area contributed by atoms with E-state index in [0.29, 0.717) is 30.2 Å². The Kier molecular flexibility index (Phi) is 5.37. The number of ether oxygens (including phenoxy) is 1. The summed E-state index contributed by atoms with van der Waals surface area (Å²) in [6, 6.07) is 6.86. The maximum atomic E-state index is 11.9. The van der Waals surface area contributed by atoms with Gasteiger partial charge in [0.25, 0.3) is 5.91 Å². The van der Waals surface area contributed by atoms with Gasteiger partial charge in [0, 0.05) is 18.7 Å². The molecule has 1 heterocycles. The van der Waals surface area contributed by atoms with Crippen molar-refractivity contribution in [2.24, 2.45) is 0 Å². The topological polar surface area (TPSA) is 102 Å². The second kappa shape index (κ2) is 7.46. The van der Waals surface area contributed by atoms with Crippen molar-refractivity contribution in [1.82, 2.24) is 15.3 Å². The molecular weight excluding hydrogens is 306 g/mol. The molecule has 4 N–H and O–H groups in total. The number of nitrogens with zero attached hydrogens (tertiary/aromatic N) is 2. The highest BCUT2D eigenvalue weighted by atomic mass is 35.5. The van der Waals surface area contributed by atoms with Gasteiger partial charge in [0.05, 0.1) is 7.11 Å². The van der Waals surface area contributed by atoms with Crippen molar-refractivity contribution in [3.05, 3.63) is 41.2 Å². The molecule has 2 aromatic rings. The van der Waals surface area contributed by atoms with Crippen molar-refractivity contribution in [2.45, 2.75) is 0 Å². The van der Waals surface area contributed by atoms with Gasteiger partial charge < -0.3 is 21.1 Å². The van der Waals surface area contributed by atoms with Crippen LogP contribution < -0.4 is 21.1 Å². The fourth-order valence-electron chi connectivity index (χ4n) is 1.71. The van der Waals surface area contributed by atoms with Crippen molar-refractivity contribution < 1.29 is 9.53 Å². The summed E-state index contributed by atoms with van der Waals surface area (Å²) in [6.45, 7) is 0.864. The zero-order valence-electron chi connectivity index (χ0n) is 12.0. The number of rotatable bonds is 6. The molecule has 1 aromatic heterocycles. The molecule has 0 unspecified atom stereocenters. The number of methoxy groups -OCH3 is 1. The molecule has 0 spiro atoms. The summed E-state index contributed by atoms with van der Waals surface area (Å²) in [5.74, 6) is 1.18. The SMILES string of the molecule is COc1ccc(C(=O)NCCNc2ncnc(N)c2Cl)cc1. The lowest BCUT2D eigenvalue weighted by Gasteiger charge is -2.09. The number of nitrogens with two attached hydrogens (primary N) is 1. The summed E-state index contributed by atoms with van der Waals surface area (Å²) >= 11 is 5.95. The Morgan fingerprint density at radius 2 is 2.00 bits per heavy atom. The molecule has 0 atom stereocenters. The molecule has 22 heavy (non-hydrogen) atoms. The quantitative estimate of drug-likeness (QED) is 0.698. The Morgan fingerprint density at radius 3 is 2.68 bits per heavy atom. The van der Waals surface area contributed by atoms with Crippen LogP contribution >= 0.6 is 11.6 Å². The van der Waals surface area contributed by atoms with E-state index in [0.717, 1.165) is 0 Å². The van der Waals surface area contributed by atoms with Crippen LogP contribution in [0, 0.1) is 0 Å². The minimum atomic E-state index is -0.169. The first-order valence-corrected chi connectivity index (χ1v) is 6.91. The summed E-state index contributed by atoms with van der Waals surface area (Å²) < 4.78 is 5.04. The molecule has 2 rings (SSSR count). The first-order valence-electron chi connectivity index (χ1n) is 6.54. The van der Waals surface area contributed by atoms with E-state index in [1.807, 2.05) is 0 Å². The highest BCUT2D eigenvalue weighted by Gasteiger charge is 2.07. The van der Waals surface area contributed by atoms with E-state index in [1.54, 1.807) is 31.4 Å². The number of anilines is 2. The first kappa shape index (κ1) is 15.8. The summed E-state index contributed by atoms with van der Waals surface area (Å²) in [4.78, 5) is 19.7. The number of carbonyl (C=O) groups excluding carboxylic acids is 1. The van der Waals surface area contributed by atoms with Crippen LogP contribution in [0.15, 0.2) is 30.6 Å². The third-order valence-corrected chi connectivity index (χ3v) is 3.24. The largest absolute Gasteiger partial charge is 0.497 e. The number of halogens is 1. The lowest BCUT2D eigenvalue weighted by Crippen LogP contribution is -2.28. The van der Waals surface area contributed by atoms with E-state index in [9.17, 15) is 4.79 Å². The first-order chi connectivity index (χ1) is 10.6. The van der Waals surface area contributed by atoms with Crippen LogP contribution in [0.25, 0.3) is 0 Å². The molecule has 0 aliphatic heterocycles. The molecule has 0 fully saturated rings. The van der Waals surface area contributed by atoms with Crippen LogP contribution in [0.1, 0.15) is 10.4 Å². The van der Waals surface area contributed by atoms with Gasteiger partial charge in [-0.15, -0.1) is 0 Å². The van der Waals surface area contributed by atoms with E-state index in [2.05, 4.69) is 20.6 Å². The average molecular weight is 322 g/mol. The number of nitrogen functional groups attached to an aromatic ring is 1. The lowest BCUT2D eigenvalue weighted by atomic mass is 10.2. The number of hydrogen-bond donors (Lipinski definition) is 3. The van der Waals surface area contributed by atoms with Gasteiger partial charge in [-0.05, 0) is 24.3 Å². The van der Waals surface area contributed by atoms with E-state index >= 15 is 0 Å². The molecule has 1 amide bonds. The van der Waals surface area contributed by atoms with Gasteiger partial charge in [0.1, 0.15) is 22.9 Å². The third kappa shape index (κ3) is 3.98. The third-order valence-electron chi connectivity index (χ3n) is 2.87. The van der Waals surface area contributed by atoms with Crippen molar-refractivity contribution in [2.75, 3.05) is 31.2 Å². The Morgan fingerprint density at radius 1 is 1.27 bits per heavy atom. The van der Waals surface area contributed by atoms with Crippen LogP contribution in [-0.4, -0.2) is 36.1 Å². The number of carbonyl (C=O) groups is 1. The van der Waals surface area contributed by atoms with E-state index in [4.69, 9.17) is 22.1 Å². The Balaban J connectivity index is 1.80. The van der Waals surface area contributed by atoms with Gasteiger partial charge in [0.15, 0.2) is 5.82 Å². The van der Waals surface area contributed by atoms with Gasteiger partial charge in [-0.25, -0.2) is 9.97 Å². The normalized spacial score (nSPS) is 10.1. The van der Waals surface area contributed by atoms with E-state index in [-0.39, 0.29) is 16.7 Å². The van der Waals surface area contributed by atoms with Crippen molar-refractivity contribution in [3.8, 4) is 5.75 Å². The molecule has 0 aliphatic rings. The van der Waals surface area contributed by atoms with Crippen LogP contribution in [0.2, 0.25) is 5.02 Å². The van der Waals surface area contributed by atoms with Gasteiger partial charge in [0.2, 0.25) is 0 Å². The number of amides is 1. The molecule has 0 radical (unpaired) electrons. The predicted octanol–water partition coefficient (Wildman–Crippen LogP) is 1.56. The van der Waals surface area contributed by atoms with Crippen LogP contribution in [0.3, 0.4) is 0 Å². The van der Waals surface area contributed by atoms with Gasteiger partial charge in [-0.2, -0.15) is 0 Å². The van der Waals surface area contributed by atoms with Gasteiger partial charge in [-0.1, -0.05) is 11.6 Å². The fraction of sp³-hybridized carbons (Fsp3) is 0.214. The number of nitrogens with one attached hydrogen (secondary N) is 2. The second-order valence-corrected chi connectivity index (χ2v) is 4.71. The maximum absolute atomic E-state index is 11.9. The zero-order valence-corrected chi connectivity index (χ0v) is 12.7. The molecule has 116 valence electrons. The minimum Gasteiger partial charge on any atom is -0.497 e. The molecule has 0 bridgehead atoms. The number of hydrogen-bond acceptors (Lipinski definition) is 6. The summed E-state index contributed by atoms with van der Waals surface area (Å²) in [5, 5.41) is 6.03. The standard InChI is InChI=1S/C14H16ClN5O2/c1-22-10-4-2-9(3-5-10)14(21)18-7-6-17-13-11(15)12(16)19-8-20-13/h2-5,8H,6-7H2,1H3,(H,18,21)(H3,16,17,19,20). The number of aromatic nitrogens is 2. The van der Waals surface area contributed by atoms with Crippen molar-refractivity contribution in [1.29, 1.82) is 0 Å². The monoisotopic (exact) mass is 321 g/mol. The summed E-state index contributed by atoms with van der Waals surface area (Å²) in [5.41, 5.74) is 6.13. The summed E-state index contributed by atoms with van der Waals surface area (Å²) in [6.07, 6.45) is 1.32. The molecule has 0 saturated heterocycles. The highest BCUT2D eigenvalue weighted by Crippen LogP contribution is 2.22. The van der Waals surface area contributed by atoms with Gasteiger partial charge >= 0.3 is 0 Å². The number of benzene rings is 1. The van der Waals surface area contributed by atoms with E-state index in [1.165, 1.54) is 6.33 Å². The predicted molar refractivity (Wildman–Crippen MR) is 85.3 cm³/mol. The Hall–Kier alpha value is -2.54.